The minimum absolute atomic E-state index is 0.0237. The van der Waals surface area contributed by atoms with E-state index >= 15 is 0 Å². The summed E-state index contributed by atoms with van der Waals surface area (Å²) in [6.07, 6.45) is -3.44. The molecule has 0 spiro atoms. The molecule has 1 saturated carbocycles. The van der Waals surface area contributed by atoms with E-state index in [9.17, 15) is 17.4 Å². The fourth-order valence-electron chi connectivity index (χ4n) is 2.61. The zero-order valence-electron chi connectivity index (χ0n) is 9.09. The van der Waals surface area contributed by atoms with Gasteiger partial charge in [-0.15, -0.1) is 0 Å². The van der Waals surface area contributed by atoms with Gasteiger partial charge in [0.1, 0.15) is 0 Å². The van der Waals surface area contributed by atoms with Crippen LogP contribution in [-0.4, -0.2) is 33.5 Å². The van der Waals surface area contributed by atoms with Gasteiger partial charge in [0, 0.05) is 28.6 Å². The highest BCUT2D eigenvalue weighted by atomic mass is 32.2. The van der Waals surface area contributed by atoms with Gasteiger partial charge in [-0.05, 0) is 26.2 Å². The van der Waals surface area contributed by atoms with Gasteiger partial charge < -0.3 is 5.32 Å². The van der Waals surface area contributed by atoms with Crippen molar-refractivity contribution in [1.29, 1.82) is 0 Å². The molecule has 1 heterocycles. The van der Waals surface area contributed by atoms with Crippen molar-refractivity contribution in [2.24, 2.45) is 5.92 Å². The van der Waals surface area contributed by atoms with Gasteiger partial charge >= 0.3 is 6.18 Å². The fraction of sp³-hybridized carbons (Fsp3) is 1.00. The zero-order valence-corrected chi connectivity index (χ0v) is 9.90. The van der Waals surface area contributed by atoms with Gasteiger partial charge in [-0.2, -0.15) is 13.2 Å². The molecule has 1 aliphatic carbocycles. The molecule has 2 aliphatic rings. The van der Waals surface area contributed by atoms with Crippen molar-refractivity contribution in [3.05, 3.63) is 0 Å². The van der Waals surface area contributed by atoms with Crippen LogP contribution in [0.2, 0.25) is 0 Å². The average Bonchev–Trinajstić information content (AvgIpc) is 2.22. The maximum atomic E-state index is 12.6. The molecule has 5 unspecified atom stereocenters. The highest BCUT2D eigenvalue weighted by molar-refractivity contribution is 7.86. The fourth-order valence-corrected chi connectivity index (χ4v) is 4.45. The quantitative estimate of drug-likeness (QED) is 0.715. The lowest BCUT2D eigenvalue weighted by molar-refractivity contribution is -0.182. The van der Waals surface area contributed by atoms with E-state index in [1.807, 2.05) is 6.92 Å². The van der Waals surface area contributed by atoms with Crippen molar-refractivity contribution in [2.45, 2.75) is 48.9 Å². The minimum Gasteiger partial charge on any atom is -0.312 e. The van der Waals surface area contributed by atoms with Crippen LogP contribution in [0.1, 0.15) is 26.2 Å². The molecule has 94 valence electrons. The molecule has 0 aromatic heterocycles. The van der Waals surface area contributed by atoms with E-state index < -0.39 is 22.9 Å². The topological polar surface area (TPSA) is 29.1 Å². The number of fused-ring (bicyclic) bond motifs is 1. The Kier molecular flexibility index (Phi) is 3.32. The average molecular weight is 255 g/mol. The van der Waals surface area contributed by atoms with Crippen LogP contribution >= 0.6 is 0 Å². The Morgan fingerprint density at radius 3 is 2.62 bits per heavy atom. The van der Waals surface area contributed by atoms with Gasteiger partial charge in [-0.3, -0.25) is 4.21 Å². The van der Waals surface area contributed by atoms with Gasteiger partial charge in [0.05, 0.1) is 11.2 Å². The molecular weight excluding hydrogens is 239 g/mol. The first-order valence-electron chi connectivity index (χ1n) is 5.59. The van der Waals surface area contributed by atoms with Crippen LogP contribution in [0.25, 0.3) is 0 Å². The summed E-state index contributed by atoms with van der Waals surface area (Å²) in [7, 11) is -1.12. The van der Waals surface area contributed by atoms with Crippen LogP contribution in [0.5, 0.6) is 0 Å². The molecule has 0 radical (unpaired) electrons. The molecule has 1 aliphatic heterocycles. The monoisotopic (exact) mass is 255 g/mol. The Hall–Kier alpha value is -0.100. The molecule has 6 heteroatoms. The second-order valence-electron chi connectivity index (χ2n) is 4.74. The summed E-state index contributed by atoms with van der Waals surface area (Å²) in [5.74, 6) is -1.26. The molecule has 2 rings (SSSR count). The van der Waals surface area contributed by atoms with E-state index in [2.05, 4.69) is 5.32 Å². The number of nitrogens with one attached hydrogen (secondary N) is 1. The second kappa shape index (κ2) is 4.29. The third kappa shape index (κ3) is 2.27. The van der Waals surface area contributed by atoms with Gasteiger partial charge in [-0.25, -0.2) is 0 Å². The molecule has 2 nitrogen and oxygen atoms in total. The molecule has 0 amide bonds. The van der Waals surface area contributed by atoms with E-state index in [1.54, 1.807) is 0 Å². The summed E-state index contributed by atoms with van der Waals surface area (Å²) in [6, 6.07) is 0.0237. The highest BCUT2D eigenvalue weighted by Gasteiger charge is 2.48. The summed E-state index contributed by atoms with van der Waals surface area (Å²) >= 11 is 0. The Labute approximate surface area is 95.4 Å². The SMILES string of the molecule is CC1CNC2CCC(C(F)(F)F)CC2S1=O. The standard InChI is InChI=1S/C10H16F3NOS/c1-6-5-14-8-3-2-7(10(11,12)13)4-9(8)16(6)15/h6-9,14H,2-5H2,1H3. The van der Waals surface area contributed by atoms with Crippen molar-refractivity contribution in [1.82, 2.24) is 5.32 Å². The third-order valence-electron chi connectivity index (χ3n) is 3.62. The van der Waals surface area contributed by atoms with Gasteiger partial charge in [0.15, 0.2) is 0 Å². The predicted octanol–water partition coefficient (Wildman–Crippen LogP) is 1.83. The van der Waals surface area contributed by atoms with Crippen LogP contribution < -0.4 is 5.32 Å². The summed E-state index contributed by atoms with van der Waals surface area (Å²) in [4.78, 5) is 0. The molecule has 0 bridgehead atoms. The van der Waals surface area contributed by atoms with Crippen LogP contribution in [0, 0.1) is 5.92 Å². The van der Waals surface area contributed by atoms with Gasteiger partial charge in [0.2, 0.25) is 0 Å². The molecule has 5 atom stereocenters. The van der Waals surface area contributed by atoms with Gasteiger partial charge in [-0.1, -0.05) is 0 Å². The molecule has 1 saturated heterocycles. The van der Waals surface area contributed by atoms with E-state index in [-0.39, 0.29) is 29.4 Å². The first kappa shape index (κ1) is 12.4. The smallest absolute Gasteiger partial charge is 0.312 e. The third-order valence-corrected chi connectivity index (χ3v) is 5.69. The maximum Gasteiger partial charge on any atom is 0.391 e. The van der Waals surface area contributed by atoms with E-state index in [1.165, 1.54) is 0 Å². The van der Waals surface area contributed by atoms with Crippen LogP contribution in [0.15, 0.2) is 0 Å². The van der Waals surface area contributed by atoms with Crippen molar-refractivity contribution in [3.8, 4) is 0 Å². The lowest BCUT2D eigenvalue weighted by Crippen LogP contribution is -2.56. The van der Waals surface area contributed by atoms with E-state index in [4.69, 9.17) is 0 Å². The van der Waals surface area contributed by atoms with Crippen molar-refractivity contribution in [2.75, 3.05) is 6.54 Å². The van der Waals surface area contributed by atoms with E-state index in [0.29, 0.717) is 13.0 Å². The number of halogens is 3. The lowest BCUT2D eigenvalue weighted by Gasteiger charge is -2.41. The number of hydrogen-bond acceptors (Lipinski definition) is 2. The number of alkyl halides is 3. The largest absolute Gasteiger partial charge is 0.391 e. The van der Waals surface area contributed by atoms with Crippen LogP contribution in [0.3, 0.4) is 0 Å². The maximum absolute atomic E-state index is 12.6. The lowest BCUT2D eigenvalue weighted by atomic mass is 9.85. The predicted molar refractivity (Wildman–Crippen MR) is 56.6 cm³/mol. The Bertz CT molecular complexity index is 294. The van der Waals surface area contributed by atoms with Crippen molar-refractivity contribution in [3.63, 3.8) is 0 Å². The first-order chi connectivity index (χ1) is 7.39. The molecule has 0 aromatic carbocycles. The zero-order chi connectivity index (χ0) is 11.9. The van der Waals surface area contributed by atoms with E-state index in [0.717, 1.165) is 0 Å². The first-order valence-corrected chi connectivity index (χ1v) is 6.86. The van der Waals surface area contributed by atoms with Crippen molar-refractivity contribution >= 4 is 10.8 Å². The molecule has 16 heavy (non-hydrogen) atoms. The summed E-state index contributed by atoms with van der Waals surface area (Å²) in [5, 5.41) is 2.86. The minimum atomic E-state index is -4.13. The molecular formula is C10H16F3NOS. The second-order valence-corrected chi connectivity index (χ2v) is 6.81. The Balaban J connectivity index is 2.08. The summed E-state index contributed by atoms with van der Waals surface area (Å²) in [6.45, 7) is 2.49. The Morgan fingerprint density at radius 1 is 1.31 bits per heavy atom. The summed E-state index contributed by atoms with van der Waals surface area (Å²) < 4.78 is 49.8. The number of rotatable bonds is 0. The van der Waals surface area contributed by atoms with Crippen LogP contribution in [-0.2, 0) is 10.8 Å². The summed E-state index contributed by atoms with van der Waals surface area (Å²) in [5.41, 5.74) is 0. The molecule has 1 N–H and O–H groups in total. The highest BCUT2D eigenvalue weighted by Crippen LogP contribution is 2.40. The number of hydrogen-bond donors (Lipinski definition) is 1. The van der Waals surface area contributed by atoms with Crippen molar-refractivity contribution < 1.29 is 17.4 Å². The Morgan fingerprint density at radius 2 is 2.00 bits per heavy atom. The van der Waals surface area contributed by atoms with Crippen LogP contribution in [0.4, 0.5) is 13.2 Å². The molecule has 0 aromatic rings. The van der Waals surface area contributed by atoms with Gasteiger partial charge in [0.25, 0.3) is 0 Å². The molecule has 2 fully saturated rings. The normalized spacial score (nSPS) is 45.1.